The van der Waals surface area contributed by atoms with E-state index >= 15 is 0 Å². The Hall–Kier alpha value is -3.52. The lowest BCUT2D eigenvalue weighted by Gasteiger charge is -2.35. The summed E-state index contributed by atoms with van der Waals surface area (Å²) in [6, 6.07) is 14.3. The molecule has 1 aliphatic rings. The van der Waals surface area contributed by atoms with Crippen molar-refractivity contribution in [1.82, 2.24) is 14.5 Å². The summed E-state index contributed by atoms with van der Waals surface area (Å²) in [4.78, 5) is 43.7. The van der Waals surface area contributed by atoms with Gasteiger partial charge in [-0.25, -0.2) is 4.98 Å². The zero-order chi connectivity index (χ0) is 21.3. The molecule has 1 aliphatic heterocycles. The number of esters is 1. The van der Waals surface area contributed by atoms with E-state index in [2.05, 4.69) is 4.98 Å². The van der Waals surface area contributed by atoms with Crippen molar-refractivity contribution in [1.29, 1.82) is 0 Å². The van der Waals surface area contributed by atoms with Crippen molar-refractivity contribution < 1.29 is 14.3 Å². The van der Waals surface area contributed by atoms with Crippen LogP contribution in [0.15, 0.2) is 53.3 Å². The second-order valence-electron chi connectivity index (χ2n) is 7.32. The van der Waals surface area contributed by atoms with E-state index in [9.17, 15) is 14.4 Å². The fourth-order valence-corrected chi connectivity index (χ4v) is 3.95. The molecule has 8 heteroatoms. The molecule has 0 saturated heterocycles. The van der Waals surface area contributed by atoms with Crippen LogP contribution in [0.25, 0.3) is 10.9 Å². The van der Waals surface area contributed by atoms with Crippen LogP contribution in [0.5, 0.6) is 0 Å². The van der Waals surface area contributed by atoms with Gasteiger partial charge in [-0.05, 0) is 29.7 Å². The van der Waals surface area contributed by atoms with Crippen molar-refractivity contribution in [3.05, 3.63) is 75.8 Å². The molecule has 154 valence electrons. The number of carbonyl (C=O) groups excluding carboxylic acids is 2. The first-order chi connectivity index (χ1) is 14.5. The Morgan fingerprint density at radius 2 is 1.83 bits per heavy atom. The highest BCUT2D eigenvalue weighted by molar-refractivity contribution is 5.79. The Bertz CT molecular complexity index is 1190. The van der Waals surface area contributed by atoms with Gasteiger partial charge in [0.1, 0.15) is 18.4 Å². The van der Waals surface area contributed by atoms with Gasteiger partial charge in [0.05, 0.1) is 24.6 Å². The van der Waals surface area contributed by atoms with Gasteiger partial charge in [0, 0.05) is 6.54 Å². The van der Waals surface area contributed by atoms with E-state index in [1.807, 2.05) is 29.2 Å². The highest BCUT2D eigenvalue weighted by Gasteiger charge is 2.33. The lowest BCUT2D eigenvalue weighted by molar-refractivity contribution is -0.148. The quantitative estimate of drug-likeness (QED) is 0.633. The molecule has 2 aromatic carbocycles. The number of ether oxygens (including phenoxy) is 1. The number of methoxy groups -OCH3 is 1. The van der Waals surface area contributed by atoms with Crippen LogP contribution in [0.4, 0.5) is 0 Å². The van der Waals surface area contributed by atoms with Crippen molar-refractivity contribution in [2.75, 3.05) is 7.11 Å². The molecule has 0 radical (unpaired) electrons. The maximum absolute atomic E-state index is 13.0. The number of carbonyl (C=O) groups is 2. The van der Waals surface area contributed by atoms with Gasteiger partial charge in [0.2, 0.25) is 5.91 Å². The van der Waals surface area contributed by atoms with Crippen LogP contribution in [0, 0.1) is 0 Å². The van der Waals surface area contributed by atoms with Gasteiger partial charge in [-0.2, -0.15) is 0 Å². The first-order valence-electron chi connectivity index (χ1n) is 9.63. The second kappa shape index (κ2) is 8.08. The van der Waals surface area contributed by atoms with E-state index in [1.54, 1.807) is 24.3 Å². The highest BCUT2D eigenvalue weighted by Crippen LogP contribution is 2.25. The number of fused-ring (bicyclic) bond motifs is 2. The summed E-state index contributed by atoms with van der Waals surface area (Å²) in [5.74, 6) is -0.608. The van der Waals surface area contributed by atoms with Gasteiger partial charge in [0.25, 0.3) is 5.56 Å². The molecule has 0 unspecified atom stereocenters. The molecule has 0 fully saturated rings. The van der Waals surface area contributed by atoms with Gasteiger partial charge in [0.15, 0.2) is 0 Å². The number of primary amides is 1. The van der Waals surface area contributed by atoms with Crippen molar-refractivity contribution in [2.24, 2.45) is 5.73 Å². The molecule has 8 nitrogen and oxygen atoms in total. The van der Waals surface area contributed by atoms with Crippen molar-refractivity contribution >= 4 is 22.8 Å². The summed E-state index contributed by atoms with van der Waals surface area (Å²) in [5, 5.41) is 0.413. The van der Waals surface area contributed by atoms with Gasteiger partial charge >= 0.3 is 5.97 Å². The van der Waals surface area contributed by atoms with Crippen LogP contribution in [0.1, 0.15) is 17.0 Å². The molecule has 1 aromatic heterocycles. The molecule has 1 amide bonds. The third kappa shape index (κ3) is 3.69. The largest absolute Gasteiger partial charge is 0.468 e. The normalized spacial score (nSPS) is 16.2. The number of benzene rings is 2. The number of hydrogen-bond donors (Lipinski definition) is 1. The molecule has 30 heavy (non-hydrogen) atoms. The minimum Gasteiger partial charge on any atom is -0.468 e. The predicted molar refractivity (Wildman–Crippen MR) is 110 cm³/mol. The summed E-state index contributed by atoms with van der Waals surface area (Å²) in [6.45, 7) is 0.413. The molecule has 0 bridgehead atoms. The summed E-state index contributed by atoms with van der Waals surface area (Å²) >= 11 is 0. The van der Waals surface area contributed by atoms with Crippen LogP contribution in [0.3, 0.4) is 0 Å². The number of hydrogen-bond acceptors (Lipinski definition) is 6. The third-order valence-corrected chi connectivity index (χ3v) is 5.42. The number of nitrogens with zero attached hydrogens (tertiary/aromatic N) is 3. The molecular weight excluding hydrogens is 384 g/mol. The molecule has 2 heterocycles. The van der Waals surface area contributed by atoms with E-state index in [-0.39, 0.29) is 24.6 Å². The van der Waals surface area contributed by atoms with Crippen LogP contribution in [0.2, 0.25) is 0 Å². The summed E-state index contributed by atoms with van der Waals surface area (Å²) in [6.07, 6.45) is 0.497. The van der Waals surface area contributed by atoms with Crippen LogP contribution in [-0.4, -0.2) is 39.5 Å². The van der Waals surface area contributed by atoms with Crippen molar-refractivity contribution in [3.63, 3.8) is 0 Å². The Labute approximate surface area is 172 Å². The van der Waals surface area contributed by atoms with E-state index in [0.717, 1.165) is 11.1 Å². The summed E-state index contributed by atoms with van der Waals surface area (Å²) < 4.78 is 6.31. The van der Waals surface area contributed by atoms with E-state index in [0.29, 0.717) is 29.7 Å². The average Bonchev–Trinajstić information content (AvgIpc) is 2.75. The number of para-hydroxylation sites is 1. The number of amides is 1. The minimum absolute atomic E-state index is 0.196. The molecule has 0 saturated carbocycles. The number of nitrogens with two attached hydrogens (primary N) is 1. The second-order valence-corrected chi connectivity index (χ2v) is 7.32. The first-order valence-corrected chi connectivity index (χ1v) is 9.63. The van der Waals surface area contributed by atoms with E-state index < -0.39 is 11.9 Å². The van der Waals surface area contributed by atoms with Gasteiger partial charge in [-0.3, -0.25) is 23.9 Å². The van der Waals surface area contributed by atoms with E-state index in [4.69, 9.17) is 10.5 Å². The smallest absolute Gasteiger partial charge is 0.323 e. The molecular formula is C22H22N4O4. The fraction of sp³-hybridized carbons (Fsp3) is 0.273. The van der Waals surface area contributed by atoms with Gasteiger partial charge < -0.3 is 10.5 Å². The minimum atomic E-state index is -0.635. The lowest BCUT2D eigenvalue weighted by Crippen LogP contribution is -2.46. The van der Waals surface area contributed by atoms with Crippen LogP contribution < -0.4 is 11.3 Å². The number of rotatable bonds is 5. The molecule has 4 rings (SSSR count). The summed E-state index contributed by atoms with van der Waals surface area (Å²) in [7, 11) is 1.36. The first kappa shape index (κ1) is 19.8. The highest BCUT2D eigenvalue weighted by atomic mass is 16.5. The third-order valence-electron chi connectivity index (χ3n) is 5.42. The van der Waals surface area contributed by atoms with Crippen molar-refractivity contribution in [2.45, 2.75) is 32.1 Å². The average molecular weight is 406 g/mol. The molecule has 1 atom stereocenters. The Morgan fingerprint density at radius 3 is 2.57 bits per heavy atom. The van der Waals surface area contributed by atoms with Gasteiger partial charge in [-0.1, -0.05) is 36.4 Å². The topological polar surface area (TPSA) is 108 Å². The SMILES string of the molecule is COC(=O)[C@H]1Cc2ccccc2CN1Cc1nc2ccccc2c(=O)n1CC(N)=O. The lowest BCUT2D eigenvalue weighted by atomic mass is 9.94. The zero-order valence-electron chi connectivity index (χ0n) is 16.6. The zero-order valence-corrected chi connectivity index (χ0v) is 16.6. The maximum atomic E-state index is 13.0. The fourth-order valence-electron chi connectivity index (χ4n) is 3.95. The van der Waals surface area contributed by atoms with E-state index in [1.165, 1.54) is 11.7 Å². The molecule has 3 aromatic rings. The Morgan fingerprint density at radius 1 is 1.13 bits per heavy atom. The van der Waals surface area contributed by atoms with Crippen molar-refractivity contribution in [3.8, 4) is 0 Å². The molecule has 0 aliphatic carbocycles. The Balaban J connectivity index is 1.79. The number of aromatic nitrogens is 2. The predicted octanol–water partition coefficient (Wildman–Crippen LogP) is 0.982. The summed E-state index contributed by atoms with van der Waals surface area (Å²) in [5.41, 5.74) is 7.77. The molecule has 2 N–H and O–H groups in total. The maximum Gasteiger partial charge on any atom is 0.323 e. The Kier molecular flexibility index (Phi) is 5.33. The van der Waals surface area contributed by atoms with Crippen LogP contribution >= 0.6 is 0 Å². The van der Waals surface area contributed by atoms with Crippen LogP contribution in [-0.2, 0) is 40.4 Å². The monoisotopic (exact) mass is 406 g/mol. The standard InChI is InChI=1S/C22H22N4O4/c1-30-22(29)18-10-14-6-2-3-7-15(14)11-25(18)13-20-24-17-9-5-4-8-16(17)21(28)26(20)12-19(23)27/h2-9,18H,10-13H2,1H3,(H2,23,27)/t18-/m1/s1. The van der Waals surface area contributed by atoms with Gasteiger partial charge in [-0.15, -0.1) is 0 Å². The molecule has 0 spiro atoms.